The zero-order valence-electron chi connectivity index (χ0n) is 16.7. The number of allylic oxidation sites excluding steroid dienone is 2. The van der Waals surface area contributed by atoms with Crippen LogP contribution in [0.25, 0.3) is 0 Å². The van der Waals surface area contributed by atoms with Gasteiger partial charge in [-0.1, -0.05) is 24.3 Å². The van der Waals surface area contributed by atoms with Crippen LogP contribution >= 0.6 is 0 Å². The predicted molar refractivity (Wildman–Crippen MR) is 113 cm³/mol. The van der Waals surface area contributed by atoms with Gasteiger partial charge in [0.25, 0.3) is 11.6 Å². The van der Waals surface area contributed by atoms with Gasteiger partial charge in [0.2, 0.25) is 0 Å². The third kappa shape index (κ3) is 3.39. The highest BCUT2D eigenvalue weighted by Gasteiger charge is 2.38. The van der Waals surface area contributed by atoms with Crippen LogP contribution < -0.4 is 5.32 Å². The molecule has 3 atom stereocenters. The fourth-order valence-corrected chi connectivity index (χ4v) is 4.58. The SMILES string of the molecule is CCN(CC)C(=O)c1ccc2c(c1)C1C=CCC1C(c1cccc([N+](=O)[O-])c1)N2. The zero-order chi connectivity index (χ0) is 20.5. The second-order valence-corrected chi connectivity index (χ2v) is 7.61. The molecule has 6 heteroatoms. The minimum atomic E-state index is -0.351. The van der Waals surface area contributed by atoms with E-state index in [-0.39, 0.29) is 34.4 Å². The molecule has 0 aromatic heterocycles. The summed E-state index contributed by atoms with van der Waals surface area (Å²) in [5.41, 5.74) is 3.86. The van der Waals surface area contributed by atoms with Gasteiger partial charge in [-0.15, -0.1) is 0 Å². The number of hydrogen-bond acceptors (Lipinski definition) is 4. The maximum absolute atomic E-state index is 12.8. The van der Waals surface area contributed by atoms with Crippen molar-refractivity contribution in [2.24, 2.45) is 5.92 Å². The molecule has 0 radical (unpaired) electrons. The van der Waals surface area contributed by atoms with E-state index in [1.165, 1.54) is 6.07 Å². The first-order chi connectivity index (χ1) is 14.0. The van der Waals surface area contributed by atoms with Crippen molar-refractivity contribution in [1.29, 1.82) is 0 Å². The Balaban J connectivity index is 1.70. The van der Waals surface area contributed by atoms with Crippen LogP contribution in [0, 0.1) is 16.0 Å². The van der Waals surface area contributed by atoms with Gasteiger partial charge in [-0.25, -0.2) is 0 Å². The lowest BCUT2D eigenvalue weighted by atomic mass is 9.76. The quantitative estimate of drug-likeness (QED) is 0.447. The number of benzene rings is 2. The minimum Gasteiger partial charge on any atom is -0.378 e. The molecule has 0 fully saturated rings. The van der Waals surface area contributed by atoms with Crippen molar-refractivity contribution in [2.45, 2.75) is 32.2 Å². The Bertz CT molecular complexity index is 981. The second-order valence-electron chi connectivity index (χ2n) is 7.61. The van der Waals surface area contributed by atoms with Crippen molar-refractivity contribution in [1.82, 2.24) is 4.90 Å². The highest BCUT2D eigenvalue weighted by atomic mass is 16.6. The first kappa shape index (κ1) is 19.2. The van der Waals surface area contributed by atoms with Crippen LogP contribution in [0.15, 0.2) is 54.6 Å². The summed E-state index contributed by atoms with van der Waals surface area (Å²) in [6.07, 6.45) is 5.29. The third-order valence-corrected chi connectivity index (χ3v) is 6.10. The van der Waals surface area contributed by atoms with Gasteiger partial charge in [0, 0.05) is 42.4 Å². The lowest BCUT2D eigenvalue weighted by molar-refractivity contribution is -0.384. The van der Waals surface area contributed by atoms with E-state index in [0.717, 1.165) is 23.2 Å². The number of nitro groups is 1. The number of non-ortho nitro benzene ring substituents is 1. The van der Waals surface area contributed by atoms with Crippen molar-refractivity contribution < 1.29 is 9.72 Å². The van der Waals surface area contributed by atoms with Gasteiger partial charge < -0.3 is 10.2 Å². The molecule has 150 valence electrons. The van der Waals surface area contributed by atoms with E-state index in [1.54, 1.807) is 12.1 Å². The molecule has 1 N–H and O–H groups in total. The largest absolute Gasteiger partial charge is 0.378 e. The van der Waals surface area contributed by atoms with Gasteiger partial charge in [-0.05, 0) is 55.5 Å². The van der Waals surface area contributed by atoms with Crippen molar-refractivity contribution in [3.05, 3.63) is 81.4 Å². The van der Waals surface area contributed by atoms with Gasteiger partial charge >= 0.3 is 0 Å². The summed E-state index contributed by atoms with van der Waals surface area (Å²) in [5, 5.41) is 14.8. The molecule has 1 aliphatic carbocycles. The summed E-state index contributed by atoms with van der Waals surface area (Å²) in [4.78, 5) is 25.5. The summed E-state index contributed by atoms with van der Waals surface area (Å²) < 4.78 is 0. The highest BCUT2D eigenvalue weighted by Crippen LogP contribution is 2.50. The number of hydrogen-bond donors (Lipinski definition) is 1. The molecule has 3 unspecified atom stereocenters. The molecule has 1 aliphatic heterocycles. The second kappa shape index (κ2) is 7.70. The van der Waals surface area contributed by atoms with Gasteiger partial charge in [-0.3, -0.25) is 14.9 Å². The normalized spacial score (nSPS) is 21.8. The average Bonchev–Trinajstić information content (AvgIpc) is 3.24. The van der Waals surface area contributed by atoms with Crippen LogP contribution in [0.1, 0.15) is 53.7 Å². The molecular weight excluding hydrogens is 366 g/mol. The summed E-state index contributed by atoms with van der Waals surface area (Å²) >= 11 is 0. The van der Waals surface area contributed by atoms with Gasteiger partial charge in [-0.2, -0.15) is 0 Å². The van der Waals surface area contributed by atoms with E-state index < -0.39 is 0 Å². The van der Waals surface area contributed by atoms with Gasteiger partial charge in [0.05, 0.1) is 11.0 Å². The van der Waals surface area contributed by atoms with Crippen molar-refractivity contribution in [3.63, 3.8) is 0 Å². The lowest BCUT2D eigenvalue weighted by Crippen LogP contribution is -2.32. The number of anilines is 1. The molecule has 1 heterocycles. The maximum atomic E-state index is 12.8. The smallest absolute Gasteiger partial charge is 0.269 e. The van der Waals surface area contributed by atoms with Crippen molar-refractivity contribution >= 4 is 17.3 Å². The van der Waals surface area contributed by atoms with E-state index >= 15 is 0 Å². The zero-order valence-corrected chi connectivity index (χ0v) is 16.7. The maximum Gasteiger partial charge on any atom is 0.269 e. The Morgan fingerprint density at radius 3 is 2.72 bits per heavy atom. The molecule has 2 aromatic rings. The highest BCUT2D eigenvalue weighted by molar-refractivity contribution is 5.95. The van der Waals surface area contributed by atoms with Crippen molar-refractivity contribution in [3.8, 4) is 0 Å². The standard InChI is InChI=1S/C23H25N3O3/c1-3-25(4-2)23(27)16-11-12-21-20(14-16)18-9-6-10-19(18)22(24-21)15-7-5-8-17(13-15)26(28)29/h5-9,11-14,18-19,22,24H,3-4,10H2,1-2H3. The molecule has 0 saturated carbocycles. The van der Waals surface area contributed by atoms with Crippen LogP contribution in [0.3, 0.4) is 0 Å². The molecule has 2 aliphatic rings. The Hall–Kier alpha value is -3.15. The Morgan fingerprint density at radius 1 is 1.21 bits per heavy atom. The van der Waals surface area contributed by atoms with E-state index in [2.05, 4.69) is 17.5 Å². The van der Waals surface area contributed by atoms with Crippen LogP contribution in [0.4, 0.5) is 11.4 Å². The number of fused-ring (bicyclic) bond motifs is 3. The summed E-state index contributed by atoms with van der Waals surface area (Å²) in [7, 11) is 0. The van der Waals surface area contributed by atoms with E-state index in [4.69, 9.17) is 0 Å². The van der Waals surface area contributed by atoms with Crippen LogP contribution in [-0.2, 0) is 0 Å². The number of amides is 1. The minimum absolute atomic E-state index is 0.00765. The number of carbonyl (C=O) groups is 1. The monoisotopic (exact) mass is 391 g/mol. The molecule has 1 amide bonds. The Labute approximate surface area is 170 Å². The van der Waals surface area contributed by atoms with Crippen LogP contribution in [-0.4, -0.2) is 28.8 Å². The summed E-state index contributed by atoms with van der Waals surface area (Å²) in [6, 6.07) is 12.7. The number of carbonyl (C=O) groups excluding carboxylic acids is 1. The average molecular weight is 391 g/mol. The van der Waals surface area contributed by atoms with Crippen LogP contribution in [0.2, 0.25) is 0 Å². The number of nitrogens with one attached hydrogen (secondary N) is 1. The molecule has 0 bridgehead atoms. The third-order valence-electron chi connectivity index (χ3n) is 6.10. The molecule has 2 aromatic carbocycles. The Kier molecular flexibility index (Phi) is 5.09. The number of rotatable bonds is 5. The number of nitro benzene ring substituents is 1. The summed E-state index contributed by atoms with van der Waals surface area (Å²) in [6.45, 7) is 5.35. The van der Waals surface area contributed by atoms with Gasteiger partial charge in [0.15, 0.2) is 0 Å². The predicted octanol–water partition coefficient (Wildman–Crippen LogP) is 4.90. The molecule has 29 heavy (non-hydrogen) atoms. The Morgan fingerprint density at radius 2 is 2.00 bits per heavy atom. The molecule has 6 nitrogen and oxygen atoms in total. The molecular formula is C23H25N3O3. The van der Waals surface area contributed by atoms with Crippen molar-refractivity contribution in [2.75, 3.05) is 18.4 Å². The molecule has 0 spiro atoms. The lowest BCUT2D eigenvalue weighted by Gasteiger charge is -2.37. The van der Waals surface area contributed by atoms with E-state index in [0.29, 0.717) is 18.7 Å². The number of nitrogens with zero attached hydrogens (tertiary/aromatic N) is 2. The topological polar surface area (TPSA) is 75.5 Å². The van der Waals surface area contributed by atoms with Crippen LogP contribution in [0.5, 0.6) is 0 Å². The molecule has 4 rings (SSSR count). The fraction of sp³-hybridized carbons (Fsp3) is 0.348. The summed E-state index contributed by atoms with van der Waals surface area (Å²) in [5.74, 6) is 0.514. The van der Waals surface area contributed by atoms with Gasteiger partial charge in [0.1, 0.15) is 0 Å². The van der Waals surface area contributed by atoms with E-state index in [9.17, 15) is 14.9 Å². The first-order valence-corrected chi connectivity index (χ1v) is 10.1. The molecule has 0 saturated heterocycles. The van der Waals surface area contributed by atoms with E-state index in [1.807, 2.05) is 43.0 Å². The first-order valence-electron chi connectivity index (χ1n) is 10.1. The fourth-order valence-electron chi connectivity index (χ4n) is 4.58.